The minimum Gasteiger partial charge on any atom is -0.328 e. The molecule has 1 aromatic heterocycles. The highest BCUT2D eigenvalue weighted by Gasteiger charge is 2.36. The van der Waals surface area contributed by atoms with E-state index in [2.05, 4.69) is 15.3 Å². The predicted octanol–water partition coefficient (Wildman–Crippen LogP) is 1.92. The average molecular weight is 231 g/mol. The molecule has 0 atom stereocenters. The summed E-state index contributed by atoms with van der Waals surface area (Å²) in [7, 11) is 0. The monoisotopic (exact) mass is 231 g/mol. The van der Waals surface area contributed by atoms with E-state index in [-0.39, 0.29) is 11.6 Å². The van der Waals surface area contributed by atoms with Crippen molar-refractivity contribution in [2.75, 3.05) is 5.32 Å². The van der Waals surface area contributed by atoms with Gasteiger partial charge in [-0.3, -0.25) is 4.79 Å². The van der Waals surface area contributed by atoms with Gasteiger partial charge in [0.1, 0.15) is 0 Å². The third-order valence-electron chi connectivity index (χ3n) is 1.50. The second-order valence-electron chi connectivity index (χ2n) is 2.89. The molecule has 0 saturated heterocycles. The third kappa shape index (κ3) is 3.68. The molecule has 0 radical (unpaired) electrons. The van der Waals surface area contributed by atoms with E-state index in [1.807, 2.05) is 0 Å². The van der Waals surface area contributed by atoms with Crippen LogP contribution in [0.1, 0.15) is 6.92 Å². The number of nitrogens with one attached hydrogen (secondary N) is 1. The molecule has 0 unspecified atom stereocenters. The lowest BCUT2D eigenvalue weighted by Gasteiger charge is -2.05. The molecular formula is C9H8F3N3O. The number of nitrogens with zero attached hydrogens (tertiary/aromatic N) is 2. The molecule has 0 aliphatic rings. The maximum Gasteiger partial charge on any atom is 0.454 e. The van der Waals surface area contributed by atoms with Gasteiger partial charge in [-0.25, -0.2) is 9.97 Å². The van der Waals surface area contributed by atoms with Gasteiger partial charge in [0, 0.05) is 24.2 Å². The summed E-state index contributed by atoms with van der Waals surface area (Å²) in [5.74, 6) is -1.79. The highest BCUT2D eigenvalue weighted by Crippen LogP contribution is 2.17. The molecule has 1 N–H and O–H groups in total. The molecule has 0 amide bonds. The standard InChI is InChI=1S/C9H8F3N3O/c1-6(5-7(16)9(10,11)12)15-8-13-3-2-4-14-8/h2-5H,1H3,(H,13,14,15)/b6-5+. The van der Waals surface area contributed by atoms with Crippen LogP contribution < -0.4 is 5.32 Å². The Hall–Kier alpha value is -1.92. The van der Waals surface area contributed by atoms with Crippen molar-refractivity contribution >= 4 is 11.7 Å². The van der Waals surface area contributed by atoms with Crippen LogP contribution in [0.5, 0.6) is 0 Å². The van der Waals surface area contributed by atoms with Crippen LogP contribution in [0.15, 0.2) is 30.2 Å². The molecule has 0 saturated carbocycles. The first kappa shape index (κ1) is 12.2. The van der Waals surface area contributed by atoms with Crippen LogP contribution >= 0.6 is 0 Å². The molecule has 0 bridgehead atoms. The number of alkyl halides is 3. The quantitative estimate of drug-likeness (QED) is 0.807. The van der Waals surface area contributed by atoms with Crippen molar-refractivity contribution in [2.24, 2.45) is 0 Å². The molecule has 1 aromatic rings. The van der Waals surface area contributed by atoms with Crippen LogP contribution in [0, 0.1) is 0 Å². The van der Waals surface area contributed by atoms with Gasteiger partial charge in [0.2, 0.25) is 5.95 Å². The Bertz CT molecular complexity index is 400. The summed E-state index contributed by atoms with van der Waals surface area (Å²) < 4.78 is 35.7. The summed E-state index contributed by atoms with van der Waals surface area (Å²) in [6, 6.07) is 1.56. The van der Waals surface area contributed by atoms with E-state index in [0.29, 0.717) is 6.08 Å². The van der Waals surface area contributed by atoms with Crippen LogP contribution in [-0.2, 0) is 4.79 Å². The molecule has 4 nitrogen and oxygen atoms in total. The van der Waals surface area contributed by atoms with Gasteiger partial charge in [-0.2, -0.15) is 13.2 Å². The first-order valence-corrected chi connectivity index (χ1v) is 4.23. The average Bonchev–Trinajstić information content (AvgIpc) is 2.17. The van der Waals surface area contributed by atoms with Gasteiger partial charge in [-0.1, -0.05) is 0 Å². The van der Waals surface area contributed by atoms with Crippen LogP contribution in [0.2, 0.25) is 0 Å². The predicted molar refractivity (Wildman–Crippen MR) is 50.5 cm³/mol. The van der Waals surface area contributed by atoms with Crippen LogP contribution in [0.25, 0.3) is 0 Å². The molecular weight excluding hydrogens is 223 g/mol. The van der Waals surface area contributed by atoms with Gasteiger partial charge in [-0.05, 0) is 13.0 Å². The van der Waals surface area contributed by atoms with E-state index in [1.165, 1.54) is 19.3 Å². The molecule has 0 aliphatic heterocycles. The Morgan fingerprint density at radius 3 is 2.44 bits per heavy atom. The summed E-state index contributed by atoms with van der Waals surface area (Å²) in [5, 5.41) is 2.46. The van der Waals surface area contributed by atoms with E-state index < -0.39 is 12.0 Å². The summed E-state index contributed by atoms with van der Waals surface area (Å²) in [4.78, 5) is 18.0. The SMILES string of the molecule is C/C(=C\C(=O)C(F)(F)F)Nc1ncccn1. The summed E-state index contributed by atoms with van der Waals surface area (Å²) in [6.07, 6.45) is -1.56. The smallest absolute Gasteiger partial charge is 0.328 e. The molecule has 1 heterocycles. The number of hydrogen-bond acceptors (Lipinski definition) is 4. The fraction of sp³-hybridized carbons (Fsp3) is 0.222. The minimum absolute atomic E-state index is 0.0218. The van der Waals surface area contributed by atoms with E-state index in [0.717, 1.165) is 0 Å². The number of allylic oxidation sites excluding steroid dienone is 2. The maximum absolute atomic E-state index is 11.9. The summed E-state index contributed by atoms with van der Waals surface area (Å²) >= 11 is 0. The van der Waals surface area contributed by atoms with E-state index in [4.69, 9.17) is 0 Å². The Morgan fingerprint density at radius 1 is 1.38 bits per heavy atom. The van der Waals surface area contributed by atoms with Crippen LogP contribution in [0.4, 0.5) is 19.1 Å². The molecule has 0 aliphatic carbocycles. The number of aromatic nitrogens is 2. The lowest BCUT2D eigenvalue weighted by Crippen LogP contribution is -2.21. The third-order valence-corrected chi connectivity index (χ3v) is 1.50. The summed E-state index contributed by atoms with van der Waals surface area (Å²) in [6.45, 7) is 1.32. The Morgan fingerprint density at radius 2 is 1.94 bits per heavy atom. The maximum atomic E-state index is 11.9. The molecule has 1 rings (SSSR count). The van der Waals surface area contributed by atoms with Crippen molar-refractivity contribution in [3.8, 4) is 0 Å². The normalized spacial score (nSPS) is 12.4. The number of halogens is 3. The van der Waals surface area contributed by atoms with E-state index >= 15 is 0 Å². The number of hydrogen-bond donors (Lipinski definition) is 1. The number of carbonyl (C=O) groups is 1. The van der Waals surface area contributed by atoms with E-state index in [9.17, 15) is 18.0 Å². The molecule has 86 valence electrons. The van der Waals surface area contributed by atoms with Gasteiger partial charge in [0.15, 0.2) is 0 Å². The fourth-order valence-corrected chi connectivity index (χ4v) is 0.855. The second-order valence-corrected chi connectivity index (χ2v) is 2.89. The Balaban J connectivity index is 2.70. The highest BCUT2D eigenvalue weighted by molar-refractivity contribution is 5.95. The first-order valence-electron chi connectivity index (χ1n) is 4.23. The number of anilines is 1. The first-order chi connectivity index (χ1) is 7.39. The lowest BCUT2D eigenvalue weighted by atomic mass is 10.3. The molecule has 16 heavy (non-hydrogen) atoms. The van der Waals surface area contributed by atoms with Crippen LogP contribution in [0.3, 0.4) is 0 Å². The van der Waals surface area contributed by atoms with Crippen molar-refractivity contribution in [1.82, 2.24) is 9.97 Å². The zero-order chi connectivity index (χ0) is 12.2. The Labute approximate surface area is 89.2 Å². The topological polar surface area (TPSA) is 54.9 Å². The largest absolute Gasteiger partial charge is 0.454 e. The molecule has 0 fully saturated rings. The zero-order valence-electron chi connectivity index (χ0n) is 8.25. The zero-order valence-corrected chi connectivity index (χ0v) is 8.25. The molecule has 7 heteroatoms. The van der Waals surface area contributed by atoms with Crippen LogP contribution in [-0.4, -0.2) is 21.9 Å². The van der Waals surface area contributed by atoms with Crippen molar-refractivity contribution < 1.29 is 18.0 Å². The molecule has 0 spiro atoms. The van der Waals surface area contributed by atoms with Crippen molar-refractivity contribution in [2.45, 2.75) is 13.1 Å². The second kappa shape index (κ2) is 4.73. The highest BCUT2D eigenvalue weighted by atomic mass is 19.4. The van der Waals surface area contributed by atoms with Gasteiger partial charge in [-0.15, -0.1) is 0 Å². The number of ketones is 1. The van der Waals surface area contributed by atoms with Gasteiger partial charge in [0.05, 0.1) is 0 Å². The van der Waals surface area contributed by atoms with Crippen molar-refractivity contribution in [3.63, 3.8) is 0 Å². The Kier molecular flexibility index (Phi) is 3.60. The van der Waals surface area contributed by atoms with Crippen molar-refractivity contribution in [3.05, 3.63) is 30.2 Å². The van der Waals surface area contributed by atoms with Gasteiger partial charge >= 0.3 is 6.18 Å². The van der Waals surface area contributed by atoms with Gasteiger partial charge in [0.25, 0.3) is 5.78 Å². The minimum atomic E-state index is -4.86. The molecule has 0 aromatic carbocycles. The fourth-order valence-electron chi connectivity index (χ4n) is 0.855. The number of carbonyl (C=O) groups excluding carboxylic acids is 1. The lowest BCUT2D eigenvalue weighted by molar-refractivity contribution is -0.165. The van der Waals surface area contributed by atoms with E-state index in [1.54, 1.807) is 6.07 Å². The van der Waals surface area contributed by atoms with Crippen molar-refractivity contribution in [1.29, 1.82) is 0 Å². The summed E-state index contributed by atoms with van der Waals surface area (Å²) in [5.41, 5.74) is 0.0218. The number of rotatable bonds is 3. The van der Waals surface area contributed by atoms with Gasteiger partial charge < -0.3 is 5.32 Å².